The molecule has 0 unspecified atom stereocenters. The summed E-state index contributed by atoms with van der Waals surface area (Å²) in [5.74, 6) is 1.12. The number of benzene rings is 3. The Morgan fingerprint density at radius 3 is 3.00 bits per heavy atom. The van der Waals surface area contributed by atoms with Gasteiger partial charge in [-0.05, 0) is 53.1 Å². The summed E-state index contributed by atoms with van der Waals surface area (Å²) in [6.45, 7) is 2.68. The molecule has 1 N–H and O–H groups in total. The van der Waals surface area contributed by atoms with Gasteiger partial charge in [-0.25, -0.2) is 4.98 Å². The molecule has 6 bridgehead atoms. The molecule has 1 atom stereocenters. The molecule has 4 aromatic rings. The minimum absolute atomic E-state index is 0.0288. The topological polar surface area (TPSA) is 83.2 Å². The van der Waals surface area contributed by atoms with Gasteiger partial charge in [0.05, 0.1) is 17.6 Å². The molecular weight excluding hydrogens is 426 g/mol. The zero-order chi connectivity index (χ0) is 23.1. The highest BCUT2D eigenvalue weighted by Crippen LogP contribution is 2.31. The summed E-state index contributed by atoms with van der Waals surface area (Å²) < 4.78 is 8.30. The van der Waals surface area contributed by atoms with E-state index in [1.54, 1.807) is 6.07 Å². The van der Waals surface area contributed by atoms with Crippen molar-refractivity contribution in [1.82, 2.24) is 19.8 Å². The molecule has 0 aliphatic carbocycles. The second-order valence-corrected chi connectivity index (χ2v) is 8.86. The predicted octanol–water partition coefficient (Wildman–Crippen LogP) is 4.07. The van der Waals surface area contributed by atoms with Gasteiger partial charge in [-0.15, -0.1) is 0 Å². The number of fused-ring (bicyclic) bond motifs is 6. The van der Waals surface area contributed by atoms with E-state index in [-0.39, 0.29) is 11.9 Å². The maximum Gasteiger partial charge on any atom is 0.254 e. The summed E-state index contributed by atoms with van der Waals surface area (Å²) in [5, 5.41) is 15.1. The number of nitriles is 1. The third-order valence-corrected chi connectivity index (χ3v) is 6.68. The molecule has 2 aliphatic rings. The van der Waals surface area contributed by atoms with Crippen molar-refractivity contribution in [3.63, 3.8) is 0 Å². The summed E-state index contributed by atoms with van der Waals surface area (Å²) >= 11 is 0. The third kappa shape index (κ3) is 3.68. The molecule has 1 amide bonds. The van der Waals surface area contributed by atoms with Crippen molar-refractivity contribution in [3.8, 4) is 17.6 Å². The Kier molecular flexibility index (Phi) is 5.01. The largest absolute Gasteiger partial charge is 0.456 e. The van der Waals surface area contributed by atoms with Crippen molar-refractivity contribution in [2.45, 2.75) is 25.6 Å². The van der Waals surface area contributed by atoms with E-state index in [2.05, 4.69) is 20.9 Å². The molecule has 34 heavy (non-hydrogen) atoms. The molecule has 3 aromatic carbocycles. The third-order valence-electron chi connectivity index (χ3n) is 6.68. The van der Waals surface area contributed by atoms with Crippen LogP contribution in [0, 0.1) is 11.3 Å². The molecule has 3 heterocycles. The fourth-order valence-electron chi connectivity index (χ4n) is 4.84. The Bertz CT molecular complexity index is 1450. The van der Waals surface area contributed by atoms with Crippen molar-refractivity contribution >= 4 is 16.7 Å². The van der Waals surface area contributed by atoms with Crippen LogP contribution in [0.15, 0.2) is 67.1 Å². The predicted molar refractivity (Wildman–Crippen MR) is 128 cm³/mol. The van der Waals surface area contributed by atoms with Crippen molar-refractivity contribution in [2.75, 3.05) is 13.1 Å². The quantitative estimate of drug-likeness (QED) is 0.438. The number of ether oxygens (including phenoxy) is 1. The van der Waals surface area contributed by atoms with E-state index in [1.165, 1.54) is 0 Å². The van der Waals surface area contributed by atoms with Crippen molar-refractivity contribution in [2.24, 2.45) is 0 Å². The van der Waals surface area contributed by atoms with Crippen LogP contribution in [-0.2, 0) is 13.1 Å². The van der Waals surface area contributed by atoms with Crippen LogP contribution < -0.4 is 10.1 Å². The van der Waals surface area contributed by atoms with Gasteiger partial charge in [-0.2, -0.15) is 5.26 Å². The molecule has 168 valence electrons. The second kappa shape index (κ2) is 8.32. The van der Waals surface area contributed by atoms with Gasteiger partial charge >= 0.3 is 0 Å². The van der Waals surface area contributed by atoms with Gasteiger partial charge in [0.25, 0.3) is 5.91 Å². The van der Waals surface area contributed by atoms with Gasteiger partial charge in [-0.1, -0.05) is 24.3 Å². The lowest BCUT2D eigenvalue weighted by Crippen LogP contribution is -2.35. The number of hydrogen-bond acceptors (Lipinski definition) is 5. The van der Waals surface area contributed by atoms with E-state index in [4.69, 9.17) is 4.74 Å². The minimum atomic E-state index is 0.0288. The number of nitrogens with one attached hydrogen (secondary N) is 1. The highest BCUT2D eigenvalue weighted by Gasteiger charge is 2.28. The van der Waals surface area contributed by atoms with Gasteiger partial charge in [0.15, 0.2) is 0 Å². The average Bonchev–Trinajstić information content (AvgIpc) is 3.51. The Morgan fingerprint density at radius 2 is 2.09 bits per heavy atom. The number of imidazole rings is 1. The Hall–Kier alpha value is -4.15. The van der Waals surface area contributed by atoms with Crippen molar-refractivity contribution in [1.29, 1.82) is 5.26 Å². The SMILES string of the molecule is N#Cc1ccc2cc1Oc1ccc3cccc(c3c1)C(=O)N1CC[C@@H](C1)NCc1cncn1C2. The Balaban J connectivity index is 1.48. The molecule has 0 spiro atoms. The molecule has 0 radical (unpaired) electrons. The summed E-state index contributed by atoms with van der Waals surface area (Å²) in [7, 11) is 0. The monoisotopic (exact) mass is 449 g/mol. The van der Waals surface area contributed by atoms with Gasteiger partial charge in [0, 0.05) is 44.0 Å². The van der Waals surface area contributed by atoms with Crippen molar-refractivity contribution in [3.05, 3.63) is 89.5 Å². The van der Waals surface area contributed by atoms with Crippen LogP contribution >= 0.6 is 0 Å². The summed E-state index contributed by atoms with van der Waals surface area (Å²) in [5.41, 5.74) is 3.21. The molecule has 1 saturated heterocycles. The first-order valence-corrected chi connectivity index (χ1v) is 11.4. The summed E-state index contributed by atoms with van der Waals surface area (Å²) in [6.07, 6.45) is 4.60. The molecule has 6 rings (SSSR count). The first-order valence-electron chi connectivity index (χ1n) is 11.4. The van der Waals surface area contributed by atoms with Gasteiger partial charge in [0.1, 0.15) is 17.6 Å². The Labute approximate surface area is 197 Å². The first-order chi connectivity index (χ1) is 16.7. The number of carbonyl (C=O) groups excluding carboxylic acids is 1. The molecule has 7 nitrogen and oxygen atoms in total. The number of hydrogen-bond donors (Lipinski definition) is 1. The fourth-order valence-corrected chi connectivity index (χ4v) is 4.84. The minimum Gasteiger partial charge on any atom is -0.456 e. The average molecular weight is 450 g/mol. The number of rotatable bonds is 0. The molecule has 2 aliphatic heterocycles. The molecular formula is C27H23N5O2. The molecule has 1 aromatic heterocycles. The van der Waals surface area contributed by atoms with Crippen LogP contribution in [0.3, 0.4) is 0 Å². The number of aromatic nitrogens is 2. The highest BCUT2D eigenvalue weighted by molar-refractivity contribution is 6.07. The van der Waals surface area contributed by atoms with Crippen LogP contribution in [0.4, 0.5) is 0 Å². The fraction of sp³-hybridized carbons (Fsp3) is 0.222. The van der Waals surface area contributed by atoms with Crippen LogP contribution in [0.1, 0.15) is 33.6 Å². The number of amides is 1. The zero-order valence-electron chi connectivity index (χ0n) is 18.6. The summed E-state index contributed by atoms with van der Waals surface area (Å²) in [4.78, 5) is 19.7. The second-order valence-electron chi connectivity index (χ2n) is 8.86. The molecule has 1 fully saturated rings. The van der Waals surface area contributed by atoms with E-state index >= 15 is 0 Å². The standard InChI is InChI=1S/C27H23N5O2/c28-12-20-5-4-18-10-26(20)34-23-7-6-19-2-1-3-24(25(19)11-23)27(33)31-9-8-21(16-31)30-14-22-13-29-17-32(22)15-18/h1-7,10-11,13,17,21,30H,8-9,14-16H2/t21-/m0/s1. The lowest BCUT2D eigenvalue weighted by molar-refractivity contribution is 0.0791. The Morgan fingerprint density at radius 1 is 1.15 bits per heavy atom. The van der Waals surface area contributed by atoms with E-state index in [0.717, 1.165) is 35.0 Å². The lowest BCUT2D eigenvalue weighted by atomic mass is 10.0. The maximum atomic E-state index is 13.5. The van der Waals surface area contributed by atoms with Crippen LogP contribution in [0.2, 0.25) is 0 Å². The smallest absolute Gasteiger partial charge is 0.254 e. The van der Waals surface area contributed by atoms with Crippen LogP contribution in [0.25, 0.3) is 10.8 Å². The van der Waals surface area contributed by atoms with Crippen molar-refractivity contribution < 1.29 is 9.53 Å². The van der Waals surface area contributed by atoms with E-state index in [9.17, 15) is 10.1 Å². The van der Waals surface area contributed by atoms with Gasteiger partial charge < -0.3 is 19.5 Å². The first kappa shape index (κ1) is 20.5. The number of nitrogens with zero attached hydrogens (tertiary/aromatic N) is 4. The van der Waals surface area contributed by atoms with Gasteiger partial charge in [-0.3, -0.25) is 4.79 Å². The summed E-state index contributed by atoms with van der Waals surface area (Å²) in [6, 6.07) is 19.6. The maximum absolute atomic E-state index is 13.5. The van der Waals surface area contributed by atoms with Crippen LogP contribution in [-0.4, -0.2) is 39.5 Å². The van der Waals surface area contributed by atoms with E-state index in [0.29, 0.717) is 42.3 Å². The zero-order valence-corrected chi connectivity index (χ0v) is 18.6. The molecule has 0 saturated carbocycles. The lowest BCUT2D eigenvalue weighted by Gasteiger charge is -2.19. The molecule has 7 heteroatoms. The highest BCUT2D eigenvalue weighted by atomic mass is 16.5. The van der Waals surface area contributed by atoms with Gasteiger partial charge in [0.2, 0.25) is 0 Å². The normalized spacial score (nSPS) is 17.8. The number of carbonyl (C=O) groups is 1. The van der Waals surface area contributed by atoms with E-state index in [1.807, 2.05) is 66.0 Å². The van der Waals surface area contributed by atoms with Crippen LogP contribution in [0.5, 0.6) is 11.5 Å². The van der Waals surface area contributed by atoms with E-state index < -0.39 is 0 Å².